The maximum atomic E-state index is 12.8. The highest BCUT2D eigenvalue weighted by atomic mass is 16.2. The molecule has 4 rings (SSSR count). The third kappa shape index (κ3) is 2.99. The molecule has 2 fully saturated rings. The van der Waals surface area contributed by atoms with Crippen LogP contribution in [0.2, 0.25) is 0 Å². The van der Waals surface area contributed by atoms with Crippen LogP contribution in [0.3, 0.4) is 0 Å². The number of benzene rings is 1. The van der Waals surface area contributed by atoms with Crippen molar-refractivity contribution < 1.29 is 9.59 Å². The van der Waals surface area contributed by atoms with Gasteiger partial charge in [0, 0.05) is 18.5 Å². The highest BCUT2D eigenvalue weighted by Crippen LogP contribution is 2.33. The molecule has 1 saturated heterocycles. The molecule has 0 radical (unpaired) electrons. The van der Waals surface area contributed by atoms with Crippen LogP contribution < -0.4 is 5.32 Å². The van der Waals surface area contributed by atoms with E-state index in [2.05, 4.69) is 29.6 Å². The van der Waals surface area contributed by atoms with Crippen molar-refractivity contribution in [2.45, 2.75) is 57.0 Å². The molecule has 2 aliphatic carbocycles. The molecule has 2 amide bonds. The first kappa shape index (κ1) is 14.7. The topological polar surface area (TPSA) is 49.4 Å². The summed E-state index contributed by atoms with van der Waals surface area (Å²) in [4.78, 5) is 27.1. The van der Waals surface area contributed by atoms with Gasteiger partial charge in [0.25, 0.3) is 0 Å². The van der Waals surface area contributed by atoms with Crippen LogP contribution in [0, 0.1) is 5.92 Å². The number of nitrogens with zero attached hydrogens (tertiary/aromatic N) is 1. The minimum atomic E-state index is -0.249. The summed E-state index contributed by atoms with van der Waals surface area (Å²) in [5.41, 5.74) is 2.68. The zero-order valence-electron chi connectivity index (χ0n) is 13.5. The summed E-state index contributed by atoms with van der Waals surface area (Å²) < 4.78 is 0. The number of nitrogens with one attached hydrogen (secondary N) is 1. The zero-order valence-corrected chi connectivity index (χ0v) is 13.5. The molecular weight excluding hydrogens is 288 g/mol. The lowest BCUT2D eigenvalue weighted by Crippen LogP contribution is -2.54. The molecule has 1 aromatic carbocycles. The van der Waals surface area contributed by atoms with E-state index in [4.69, 9.17) is 0 Å². The van der Waals surface area contributed by atoms with E-state index < -0.39 is 0 Å². The predicted octanol–water partition coefficient (Wildman–Crippen LogP) is 2.06. The minimum absolute atomic E-state index is 0.0523. The summed E-state index contributed by atoms with van der Waals surface area (Å²) >= 11 is 0. The molecule has 23 heavy (non-hydrogen) atoms. The molecule has 1 atom stereocenters. The number of fused-ring (bicyclic) bond motifs is 1. The van der Waals surface area contributed by atoms with Gasteiger partial charge in [-0.2, -0.15) is 0 Å². The standard InChI is InChI=1S/C19H24N2O2/c22-18(20-16-11-14-5-1-2-6-15(14)12-16)17-7-3-4-10-21(17)19(23)13-8-9-13/h1-2,5-6,13,16-17H,3-4,7-12H2,(H,20,22)/t17-/m0/s1. The number of carbonyl (C=O) groups excluding carboxylic acids is 2. The largest absolute Gasteiger partial charge is 0.351 e. The minimum Gasteiger partial charge on any atom is -0.351 e. The number of rotatable bonds is 3. The Hall–Kier alpha value is -1.84. The Morgan fingerprint density at radius 3 is 2.35 bits per heavy atom. The first-order chi connectivity index (χ1) is 11.2. The number of carbonyl (C=O) groups is 2. The molecule has 4 nitrogen and oxygen atoms in total. The number of piperidine rings is 1. The summed E-state index contributed by atoms with van der Waals surface area (Å²) in [7, 11) is 0. The number of amides is 2. The Bertz CT molecular complexity index is 599. The first-order valence-electron chi connectivity index (χ1n) is 8.90. The van der Waals surface area contributed by atoms with Gasteiger partial charge in [-0.15, -0.1) is 0 Å². The summed E-state index contributed by atoms with van der Waals surface area (Å²) in [5.74, 6) is 0.454. The molecule has 4 heteroatoms. The number of hydrogen-bond donors (Lipinski definition) is 1. The van der Waals surface area contributed by atoms with Gasteiger partial charge < -0.3 is 10.2 Å². The molecule has 0 spiro atoms. The molecule has 3 aliphatic rings. The number of hydrogen-bond acceptors (Lipinski definition) is 2. The lowest BCUT2D eigenvalue weighted by Gasteiger charge is -2.35. The van der Waals surface area contributed by atoms with Crippen LogP contribution in [0.5, 0.6) is 0 Å². The maximum absolute atomic E-state index is 12.8. The molecule has 1 N–H and O–H groups in total. The van der Waals surface area contributed by atoms with Crippen LogP contribution in [0.25, 0.3) is 0 Å². The molecule has 1 saturated carbocycles. The fourth-order valence-electron chi connectivity index (χ4n) is 3.99. The fraction of sp³-hybridized carbons (Fsp3) is 0.579. The molecule has 122 valence electrons. The van der Waals surface area contributed by atoms with E-state index in [1.165, 1.54) is 11.1 Å². The zero-order chi connectivity index (χ0) is 15.8. The van der Waals surface area contributed by atoms with Crippen molar-refractivity contribution in [3.63, 3.8) is 0 Å². The SMILES string of the molecule is O=C(NC1Cc2ccccc2C1)[C@@H]1CCCCN1C(=O)C1CC1. The molecule has 0 aromatic heterocycles. The van der Waals surface area contributed by atoms with Gasteiger partial charge in [0.15, 0.2) is 0 Å². The van der Waals surface area contributed by atoms with Crippen molar-refractivity contribution in [1.29, 1.82) is 0 Å². The Kier molecular flexibility index (Phi) is 3.83. The third-order valence-electron chi connectivity index (χ3n) is 5.41. The molecule has 0 unspecified atom stereocenters. The fourth-order valence-corrected chi connectivity index (χ4v) is 3.99. The van der Waals surface area contributed by atoms with Gasteiger partial charge in [-0.05, 0) is 56.1 Å². The van der Waals surface area contributed by atoms with Crippen molar-refractivity contribution in [2.24, 2.45) is 5.92 Å². The van der Waals surface area contributed by atoms with E-state index >= 15 is 0 Å². The van der Waals surface area contributed by atoms with Gasteiger partial charge in [0.2, 0.25) is 11.8 Å². The average molecular weight is 312 g/mol. The van der Waals surface area contributed by atoms with Crippen molar-refractivity contribution in [3.8, 4) is 0 Å². The van der Waals surface area contributed by atoms with Gasteiger partial charge in [0.1, 0.15) is 6.04 Å². The second-order valence-electron chi connectivity index (χ2n) is 7.20. The summed E-state index contributed by atoms with van der Waals surface area (Å²) in [6, 6.07) is 8.33. The molecule has 1 aromatic rings. The Morgan fingerprint density at radius 1 is 1.00 bits per heavy atom. The molecule has 1 heterocycles. The van der Waals surface area contributed by atoms with Gasteiger partial charge >= 0.3 is 0 Å². The Labute approximate surface area is 137 Å². The molecular formula is C19H24N2O2. The number of likely N-dealkylation sites (tertiary alicyclic amines) is 1. The Balaban J connectivity index is 1.41. The summed E-state index contributed by atoms with van der Waals surface area (Å²) in [5, 5.41) is 3.21. The smallest absolute Gasteiger partial charge is 0.243 e. The van der Waals surface area contributed by atoms with E-state index in [-0.39, 0.29) is 29.8 Å². The van der Waals surface area contributed by atoms with Crippen LogP contribution in [-0.2, 0) is 22.4 Å². The van der Waals surface area contributed by atoms with Gasteiger partial charge in [-0.1, -0.05) is 24.3 Å². The van der Waals surface area contributed by atoms with Crippen molar-refractivity contribution >= 4 is 11.8 Å². The second-order valence-corrected chi connectivity index (χ2v) is 7.20. The molecule has 1 aliphatic heterocycles. The van der Waals surface area contributed by atoms with Gasteiger partial charge in [0.05, 0.1) is 0 Å². The second kappa shape index (κ2) is 5.99. The van der Waals surface area contributed by atoms with Crippen LogP contribution in [0.1, 0.15) is 43.2 Å². The van der Waals surface area contributed by atoms with Crippen molar-refractivity contribution in [3.05, 3.63) is 35.4 Å². The van der Waals surface area contributed by atoms with Crippen LogP contribution in [0.4, 0.5) is 0 Å². The lowest BCUT2D eigenvalue weighted by atomic mass is 10.00. The summed E-state index contributed by atoms with van der Waals surface area (Å²) in [6.07, 6.45) is 6.69. The van der Waals surface area contributed by atoms with Crippen molar-refractivity contribution in [2.75, 3.05) is 6.54 Å². The lowest BCUT2D eigenvalue weighted by molar-refractivity contribution is -0.143. The third-order valence-corrected chi connectivity index (χ3v) is 5.41. The first-order valence-corrected chi connectivity index (χ1v) is 8.90. The van der Waals surface area contributed by atoms with E-state index in [0.717, 1.165) is 51.5 Å². The van der Waals surface area contributed by atoms with Crippen molar-refractivity contribution in [1.82, 2.24) is 10.2 Å². The highest BCUT2D eigenvalue weighted by molar-refractivity contribution is 5.89. The summed E-state index contributed by atoms with van der Waals surface area (Å²) in [6.45, 7) is 0.748. The van der Waals surface area contributed by atoms with Crippen LogP contribution in [0.15, 0.2) is 24.3 Å². The molecule has 0 bridgehead atoms. The van der Waals surface area contributed by atoms with E-state index in [1.807, 2.05) is 4.90 Å². The van der Waals surface area contributed by atoms with E-state index in [1.54, 1.807) is 0 Å². The monoisotopic (exact) mass is 312 g/mol. The van der Waals surface area contributed by atoms with Gasteiger partial charge in [-0.25, -0.2) is 0 Å². The van der Waals surface area contributed by atoms with E-state index in [9.17, 15) is 9.59 Å². The normalized spacial score (nSPS) is 24.3. The quantitative estimate of drug-likeness (QED) is 0.929. The Morgan fingerprint density at radius 2 is 1.70 bits per heavy atom. The predicted molar refractivity (Wildman–Crippen MR) is 87.9 cm³/mol. The average Bonchev–Trinajstić information content (AvgIpc) is 3.34. The van der Waals surface area contributed by atoms with Gasteiger partial charge in [-0.3, -0.25) is 9.59 Å². The highest BCUT2D eigenvalue weighted by Gasteiger charge is 2.40. The van der Waals surface area contributed by atoms with Crippen LogP contribution in [-0.4, -0.2) is 35.3 Å². The van der Waals surface area contributed by atoms with Crippen LogP contribution >= 0.6 is 0 Å². The van der Waals surface area contributed by atoms with E-state index in [0.29, 0.717) is 0 Å². The maximum Gasteiger partial charge on any atom is 0.243 e.